The molecular weight excluding hydrogens is 249 g/mol. The number of nitriles is 1. The summed E-state index contributed by atoms with van der Waals surface area (Å²) < 4.78 is 42.8. The lowest BCUT2D eigenvalue weighted by molar-refractivity contribution is -0.138. The Balaban J connectivity index is 3.64. The van der Waals surface area contributed by atoms with Crippen molar-refractivity contribution in [2.45, 2.75) is 12.7 Å². The Kier molecular flexibility index (Phi) is 3.93. The second-order valence-electron chi connectivity index (χ2n) is 3.36. The van der Waals surface area contributed by atoms with Gasteiger partial charge in [-0.1, -0.05) is 0 Å². The molecule has 1 aromatic rings. The molecule has 0 spiro atoms. The van der Waals surface area contributed by atoms with Gasteiger partial charge < -0.3 is 10.5 Å². The van der Waals surface area contributed by atoms with Gasteiger partial charge in [-0.3, -0.25) is 0 Å². The van der Waals surface area contributed by atoms with Crippen LogP contribution in [0.4, 0.5) is 13.2 Å². The van der Waals surface area contributed by atoms with Crippen molar-refractivity contribution in [1.82, 2.24) is 0 Å². The predicted molar refractivity (Wildman–Crippen MR) is 55.4 cm³/mol. The third-order valence-electron chi connectivity index (χ3n) is 2.26. The Hall–Kier alpha value is -2.07. The summed E-state index contributed by atoms with van der Waals surface area (Å²) >= 11 is 0. The maximum absolute atomic E-state index is 12.8. The lowest BCUT2D eigenvalue weighted by atomic mass is 9.97. The topological polar surface area (TPSA) is 76.1 Å². The summed E-state index contributed by atoms with van der Waals surface area (Å²) in [5.74, 6) is -1.13. The van der Waals surface area contributed by atoms with Gasteiger partial charge in [0.2, 0.25) is 0 Å². The van der Waals surface area contributed by atoms with Crippen LogP contribution >= 0.6 is 0 Å². The van der Waals surface area contributed by atoms with Crippen LogP contribution in [0.2, 0.25) is 0 Å². The van der Waals surface area contributed by atoms with Crippen LogP contribution in [-0.4, -0.2) is 13.1 Å². The molecular formula is C11H9F3N2O2. The highest BCUT2D eigenvalue weighted by Gasteiger charge is 2.37. The van der Waals surface area contributed by atoms with E-state index in [-0.39, 0.29) is 17.7 Å². The molecule has 4 nitrogen and oxygen atoms in total. The molecule has 0 amide bonds. The van der Waals surface area contributed by atoms with Crippen molar-refractivity contribution in [2.24, 2.45) is 5.73 Å². The Bertz CT molecular complexity index is 518. The van der Waals surface area contributed by atoms with Crippen molar-refractivity contribution in [1.29, 1.82) is 5.26 Å². The van der Waals surface area contributed by atoms with E-state index in [9.17, 15) is 18.0 Å². The Morgan fingerprint density at radius 3 is 2.50 bits per heavy atom. The molecule has 7 heteroatoms. The third kappa shape index (κ3) is 2.60. The summed E-state index contributed by atoms with van der Waals surface area (Å²) in [4.78, 5) is 11.4. The van der Waals surface area contributed by atoms with Crippen molar-refractivity contribution < 1.29 is 22.7 Å². The van der Waals surface area contributed by atoms with E-state index < -0.39 is 23.3 Å². The molecule has 0 aliphatic rings. The molecule has 0 saturated heterocycles. The van der Waals surface area contributed by atoms with E-state index in [2.05, 4.69) is 4.74 Å². The van der Waals surface area contributed by atoms with E-state index in [0.29, 0.717) is 6.07 Å². The van der Waals surface area contributed by atoms with Crippen LogP contribution in [-0.2, 0) is 17.5 Å². The normalized spacial score (nSPS) is 10.9. The highest BCUT2D eigenvalue weighted by atomic mass is 19.4. The van der Waals surface area contributed by atoms with Crippen LogP contribution in [0.25, 0.3) is 0 Å². The van der Waals surface area contributed by atoms with Crippen molar-refractivity contribution in [3.63, 3.8) is 0 Å². The molecule has 0 atom stereocenters. The molecule has 0 saturated carbocycles. The largest absolute Gasteiger partial charge is 0.465 e. The first-order chi connectivity index (χ1) is 8.35. The van der Waals surface area contributed by atoms with E-state index in [1.807, 2.05) is 0 Å². The zero-order chi connectivity index (χ0) is 13.9. The summed E-state index contributed by atoms with van der Waals surface area (Å²) in [6.45, 7) is -0.303. The molecule has 1 aromatic carbocycles. The summed E-state index contributed by atoms with van der Waals surface area (Å²) in [5, 5.41) is 8.66. The standard InChI is InChI=1S/C11H9F3N2O2/c1-18-10(17)9-7(5-16)2-6(4-15)3-8(9)11(12,13)14/h2-3H,5,16H2,1H3. The minimum atomic E-state index is -4.76. The second-order valence-corrected chi connectivity index (χ2v) is 3.36. The molecule has 96 valence electrons. The monoisotopic (exact) mass is 258 g/mol. The fourth-order valence-corrected chi connectivity index (χ4v) is 1.49. The quantitative estimate of drug-likeness (QED) is 0.821. The number of carbonyl (C=O) groups excluding carboxylic acids is 1. The van der Waals surface area contributed by atoms with Gasteiger partial charge in [0.25, 0.3) is 0 Å². The summed E-state index contributed by atoms with van der Waals surface area (Å²) in [5.41, 5.74) is 3.15. The van der Waals surface area contributed by atoms with Gasteiger partial charge in [0, 0.05) is 6.54 Å². The van der Waals surface area contributed by atoms with Crippen LogP contribution in [0.3, 0.4) is 0 Å². The summed E-state index contributed by atoms with van der Waals surface area (Å²) in [6, 6.07) is 3.33. The molecule has 2 N–H and O–H groups in total. The van der Waals surface area contributed by atoms with Crippen LogP contribution < -0.4 is 5.73 Å². The molecule has 0 heterocycles. The van der Waals surface area contributed by atoms with Gasteiger partial charge in [-0.2, -0.15) is 18.4 Å². The highest BCUT2D eigenvalue weighted by molar-refractivity contribution is 5.93. The third-order valence-corrected chi connectivity index (χ3v) is 2.26. The number of hydrogen-bond donors (Lipinski definition) is 1. The highest BCUT2D eigenvalue weighted by Crippen LogP contribution is 2.34. The molecule has 0 fully saturated rings. The zero-order valence-corrected chi connectivity index (χ0v) is 9.34. The van der Waals surface area contributed by atoms with E-state index in [4.69, 9.17) is 11.0 Å². The number of hydrogen-bond acceptors (Lipinski definition) is 4. The number of rotatable bonds is 2. The first-order valence-corrected chi connectivity index (χ1v) is 4.77. The number of esters is 1. The summed E-state index contributed by atoms with van der Waals surface area (Å²) in [7, 11) is 0.973. The molecule has 0 aliphatic heterocycles. The van der Waals surface area contributed by atoms with Crippen LogP contribution in [0.15, 0.2) is 12.1 Å². The smallest absolute Gasteiger partial charge is 0.417 e. The fourth-order valence-electron chi connectivity index (χ4n) is 1.49. The maximum Gasteiger partial charge on any atom is 0.417 e. The number of methoxy groups -OCH3 is 1. The molecule has 18 heavy (non-hydrogen) atoms. The van der Waals surface area contributed by atoms with Crippen LogP contribution in [0.5, 0.6) is 0 Å². The van der Waals surface area contributed by atoms with Gasteiger partial charge in [-0.05, 0) is 17.7 Å². The van der Waals surface area contributed by atoms with E-state index in [0.717, 1.165) is 13.2 Å². The van der Waals surface area contributed by atoms with Gasteiger partial charge in [0.05, 0.1) is 29.9 Å². The lowest BCUT2D eigenvalue weighted by Crippen LogP contribution is -2.18. The van der Waals surface area contributed by atoms with Gasteiger partial charge in [-0.25, -0.2) is 4.79 Å². The number of ether oxygens (including phenoxy) is 1. The van der Waals surface area contributed by atoms with Crippen molar-refractivity contribution in [3.05, 3.63) is 34.4 Å². The fraction of sp³-hybridized carbons (Fsp3) is 0.273. The maximum atomic E-state index is 12.8. The van der Waals surface area contributed by atoms with Crippen molar-refractivity contribution in [3.8, 4) is 6.07 Å². The van der Waals surface area contributed by atoms with Gasteiger partial charge in [0.15, 0.2) is 0 Å². The first kappa shape index (κ1) is 14.0. The Morgan fingerprint density at radius 2 is 2.11 bits per heavy atom. The predicted octanol–water partition coefficient (Wildman–Crippen LogP) is 1.82. The summed E-state index contributed by atoms with van der Waals surface area (Å²) in [6.07, 6.45) is -4.76. The number of halogens is 3. The van der Waals surface area contributed by atoms with Crippen LogP contribution in [0.1, 0.15) is 27.0 Å². The zero-order valence-electron chi connectivity index (χ0n) is 9.34. The minimum Gasteiger partial charge on any atom is -0.465 e. The number of nitrogens with two attached hydrogens (primary N) is 1. The van der Waals surface area contributed by atoms with Gasteiger partial charge in [-0.15, -0.1) is 0 Å². The average molecular weight is 258 g/mol. The lowest BCUT2D eigenvalue weighted by Gasteiger charge is -2.15. The SMILES string of the molecule is COC(=O)c1c(CN)cc(C#N)cc1C(F)(F)F. The Morgan fingerprint density at radius 1 is 1.50 bits per heavy atom. The molecule has 0 radical (unpaired) electrons. The molecule has 0 aromatic heterocycles. The van der Waals surface area contributed by atoms with Crippen molar-refractivity contribution >= 4 is 5.97 Å². The molecule has 0 unspecified atom stereocenters. The van der Waals surface area contributed by atoms with Gasteiger partial charge in [0.1, 0.15) is 0 Å². The molecule has 0 bridgehead atoms. The number of benzene rings is 1. The Labute approximate surface area is 101 Å². The van der Waals surface area contributed by atoms with E-state index in [1.165, 1.54) is 0 Å². The van der Waals surface area contributed by atoms with E-state index >= 15 is 0 Å². The molecule has 1 rings (SSSR count). The van der Waals surface area contributed by atoms with Gasteiger partial charge >= 0.3 is 12.1 Å². The average Bonchev–Trinajstić information content (AvgIpc) is 2.34. The van der Waals surface area contributed by atoms with Crippen molar-refractivity contribution in [2.75, 3.05) is 7.11 Å². The second kappa shape index (κ2) is 5.06. The number of carbonyl (C=O) groups is 1. The van der Waals surface area contributed by atoms with E-state index in [1.54, 1.807) is 6.07 Å². The van der Waals surface area contributed by atoms with Crippen LogP contribution in [0, 0.1) is 11.3 Å². The first-order valence-electron chi connectivity index (χ1n) is 4.77. The molecule has 0 aliphatic carbocycles. The number of alkyl halides is 3. The number of nitrogens with zero attached hydrogens (tertiary/aromatic N) is 1. The minimum absolute atomic E-state index is 0.0757.